The summed E-state index contributed by atoms with van der Waals surface area (Å²) in [5, 5.41) is 4.25. The quantitative estimate of drug-likeness (QED) is 0.680. The van der Waals surface area contributed by atoms with Crippen molar-refractivity contribution in [2.24, 2.45) is 0 Å². The SMILES string of the molecule is COc1ccc(-c2cc(CN3CCCC[C@H]3c3cccnc3)on2)cc1. The van der Waals surface area contributed by atoms with Crippen molar-refractivity contribution < 1.29 is 9.26 Å². The van der Waals surface area contributed by atoms with Crippen molar-refractivity contribution in [3.63, 3.8) is 0 Å². The molecule has 0 aliphatic carbocycles. The van der Waals surface area contributed by atoms with E-state index >= 15 is 0 Å². The number of benzene rings is 1. The van der Waals surface area contributed by atoms with Gasteiger partial charge in [0.25, 0.3) is 0 Å². The lowest BCUT2D eigenvalue weighted by atomic mass is 9.96. The third-order valence-electron chi connectivity index (χ3n) is 4.99. The second-order valence-corrected chi connectivity index (χ2v) is 6.68. The van der Waals surface area contributed by atoms with E-state index in [1.807, 2.05) is 48.8 Å². The Kier molecular flexibility index (Phi) is 4.97. The third-order valence-corrected chi connectivity index (χ3v) is 4.99. The molecule has 26 heavy (non-hydrogen) atoms. The molecule has 134 valence electrons. The molecule has 1 aliphatic heterocycles. The van der Waals surface area contributed by atoms with Crippen molar-refractivity contribution in [3.05, 3.63) is 66.2 Å². The second kappa shape index (κ2) is 7.70. The van der Waals surface area contributed by atoms with Crippen molar-refractivity contribution in [1.29, 1.82) is 0 Å². The average molecular weight is 349 g/mol. The van der Waals surface area contributed by atoms with Crippen molar-refractivity contribution in [1.82, 2.24) is 15.0 Å². The fourth-order valence-corrected chi connectivity index (χ4v) is 3.62. The number of likely N-dealkylation sites (tertiary alicyclic amines) is 1. The van der Waals surface area contributed by atoms with Crippen LogP contribution in [0.2, 0.25) is 0 Å². The van der Waals surface area contributed by atoms with Crippen LogP contribution in [0.1, 0.15) is 36.6 Å². The molecule has 1 saturated heterocycles. The van der Waals surface area contributed by atoms with Gasteiger partial charge < -0.3 is 9.26 Å². The predicted octanol–water partition coefficient (Wildman–Crippen LogP) is 4.47. The van der Waals surface area contributed by atoms with Gasteiger partial charge in [0, 0.05) is 30.1 Å². The molecule has 0 amide bonds. The molecule has 0 saturated carbocycles. The predicted molar refractivity (Wildman–Crippen MR) is 99.7 cm³/mol. The number of hydrogen-bond donors (Lipinski definition) is 0. The van der Waals surface area contributed by atoms with Gasteiger partial charge in [-0.25, -0.2) is 0 Å². The van der Waals surface area contributed by atoms with Gasteiger partial charge in [-0.15, -0.1) is 0 Å². The second-order valence-electron chi connectivity index (χ2n) is 6.68. The Morgan fingerprint density at radius 1 is 1.19 bits per heavy atom. The number of hydrogen-bond acceptors (Lipinski definition) is 5. The Bertz CT molecular complexity index is 830. The molecule has 5 nitrogen and oxygen atoms in total. The highest BCUT2D eigenvalue weighted by molar-refractivity contribution is 5.59. The number of nitrogens with zero attached hydrogens (tertiary/aromatic N) is 3. The van der Waals surface area contributed by atoms with Crippen LogP contribution in [0.5, 0.6) is 5.75 Å². The van der Waals surface area contributed by atoms with Gasteiger partial charge in [0.15, 0.2) is 5.76 Å². The highest BCUT2D eigenvalue weighted by atomic mass is 16.5. The zero-order chi connectivity index (χ0) is 17.8. The summed E-state index contributed by atoms with van der Waals surface area (Å²) in [5.41, 5.74) is 3.17. The van der Waals surface area contributed by atoms with Crippen LogP contribution >= 0.6 is 0 Å². The molecule has 3 aromatic rings. The van der Waals surface area contributed by atoms with Gasteiger partial charge in [-0.3, -0.25) is 9.88 Å². The largest absolute Gasteiger partial charge is 0.497 e. The summed E-state index contributed by atoms with van der Waals surface area (Å²) in [5.74, 6) is 1.73. The van der Waals surface area contributed by atoms with Gasteiger partial charge in [0.05, 0.1) is 13.7 Å². The minimum absolute atomic E-state index is 0.395. The number of methoxy groups -OCH3 is 1. The summed E-state index contributed by atoms with van der Waals surface area (Å²) in [7, 11) is 1.67. The first-order chi connectivity index (χ1) is 12.8. The lowest BCUT2D eigenvalue weighted by molar-refractivity contribution is 0.126. The molecule has 3 heterocycles. The fourth-order valence-electron chi connectivity index (χ4n) is 3.62. The third kappa shape index (κ3) is 3.63. The molecular weight excluding hydrogens is 326 g/mol. The summed E-state index contributed by atoms with van der Waals surface area (Å²) in [4.78, 5) is 6.76. The Balaban J connectivity index is 1.50. The standard InChI is InChI=1S/C21H23N3O2/c1-25-18-9-7-16(8-10-18)20-13-19(26-23-20)15-24-12-3-2-6-21(24)17-5-4-11-22-14-17/h4-5,7-11,13-14,21H,2-3,6,12,15H2,1H3/t21-/m0/s1. The van der Waals surface area contributed by atoms with Crippen molar-refractivity contribution >= 4 is 0 Å². The van der Waals surface area contributed by atoms with Crippen molar-refractivity contribution in [2.45, 2.75) is 31.8 Å². The Morgan fingerprint density at radius 3 is 2.85 bits per heavy atom. The number of rotatable bonds is 5. The number of ether oxygens (including phenoxy) is 1. The Labute approximate surface area is 153 Å². The number of pyridine rings is 1. The smallest absolute Gasteiger partial charge is 0.151 e. The molecule has 4 rings (SSSR count). The minimum atomic E-state index is 0.395. The summed E-state index contributed by atoms with van der Waals surface area (Å²) >= 11 is 0. The fraction of sp³-hybridized carbons (Fsp3) is 0.333. The van der Waals surface area contributed by atoms with Crippen LogP contribution in [-0.4, -0.2) is 28.7 Å². The van der Waals surface area contributed by atoms with E-state index in [1.54, 1.807) is 7.11 Å². The monoisotopic (exact) mass is 349 g/mol. The van der Waals surface area contributed by atoms with E-state index in [9.17, 15) is 0 Å². The van der Waals surface area contributed by atoms with Crippen LogP contribution in [0.3, 0.4) is 0 Å². The molecule has 1 aliphatic rings. The lowest BCUT2D eigenvalue weighted by Crippen LogP contribution is -2.32. The summed E-state index contributed by atoms with van der Waals surface area (Å²) in [6.45, 7) is 1.83. The van der Waals surface area contributed by atoms with E-state index in [2.05, 4.69) is 21.1 Å². The van der Waals surface area contributed by atoms with E-state index in [-0.39, 0.29) is 0 Å². The highest BCUT2D eigenvalue weighted by Gasteiger charge is 2.25. The van der Waals surface area contributed by atoms with E-state index in [1.165, 1.54) is 18.4 Å². The summed E-state index contributed by atoms with van der Waals surface area (Å²) in [6.07, 6.45) is 7.44. The van der Waals surface area contributed by atoms with Gasteiger partial charge in [-0.05, 0) is 55.3 Å². The van der Waals surface area contributed by atoms with Crippen LogP contribution < -0.4 is 4.74 Å². The maximum absolute atomic E-state index is 5.62. The van der Waals surface area contributed by atoms with Crippen LogP contribution in [0, 0.1) is 0 Å². The van der Waals surface area contributed by atoms with E-state index in [4.69, 9.17) is 9.26 Å². The summed E-state index contributed by atoms with van der Waals surface area (Å²) in [6, 6.07) is 14.5. The van der Waals surface area contributed by atoms with Gasteiger partial charge in [0.1, 0.15) is 11.4 Å². The first kappa shape index (κ1) is 16.8. The van der Waals surface area contributed by atoms with Gasteiger partial charge in [0.2, 0.25) is 0 Å². The zero-order valence-corrected chi connectivity index (χ0v) is 15.0. The molecule has 2 aromatic heterocycles. The first-order valence-electron chi connectivity index (χ1n) is 9.07. The van der Waals surface area contributed by atoms with Crippen molar-refractivity contribution in [2.75, 3.05) is 13.7 Å². The molecule has 1 aromatic carbocycles. The molecule has 0 N–H and O–H groups in total. The molecule has 0 spiro atoms. The summed E-state index contributed by atoms with van der Waals surface area (Å²) < 4.78 is 10.8. The highest BCUT2D eigenvalue weighted by Crippen LogP contribution is 2.32. The molecule has 0 radical (unpaired) electrons. The van der Waals surface area contributed by atoms with Crippen LogP contribution in [-0.2, 0) is 6.54 Å². The van der Waals surface area contributed by atoms with Crippen LogP contribution in [0.15, 0.2) is 59.4 Å². The minimum Gasteiger partial charge on any atom is -0.497 e. The van der Waals surface area contributed by atoms with Crippen LogP contribution in [0.25, 0.3) is 11.3 Å². The molecular formula is C21H23N3O2. The molecule has 0 unspecified atom stereocenters. The first-order valence-corrected chi connectivity index (χ1v) is 9.07. The van der Waals surface area contributed by atoms with Gasteiger partial charge >= 0.3 is 0 Å². The zero-order valence-electron chi connectivity index (χ0n) is 15.0. The molecule has 5 heteroatoms. The van der Waals surface area contributed by atoms with Crippen molar-refractivity contribution in [3.8, 4) is 17.0 Å². The van der Waals surface area contributed by atoms with E-state index in [0.717, 1.165) is 42.3 Å². The van der Waals surface area contributed by atoms with E-state index in [0.29, 0.717) is 6.04 Å². The normalized spacial score (nSPS) is 18.0. The topological polar surface area (TPSA) is 51.4 Å². The van der Waals surface area contributed by atoms with Crippen LogP contribution in [0.4, 0.5) is 0 Å². The lowest BCUT2D eigenvalue weighted by Gasteiger charge is -2.35. The Morgan fingerprint density at radius 2 is 2.08 bits per heavy atom. The average Bonchev–Trinajstić information content (AvgIpc) is 3.18. The molecule has 1 atom stereocenters. The molecule has 1 fully saturated rings. The van der Waals surface area contributed by atoms with Gasteiger partial charge in [-0.1, -0.05) is 17.6 Å². The van der Waals surface area contributed by atoms with E-state index < -0.39 is 0 Å². The van der Waals surface area contributed by atoms with Gasteiger partial charge in [-0.2, -0.15) is 0 Å². The number of piperidine rings is 1. The molecule has 0 bridgehead atoms. The maximum Gasteiger partial charge on any atom is 0.151 e. The number of aromatic nitrogens is 2. The maximum atomic E-state index is 5.62. The Hall–Kier alpha value is -2.66.